The fourth-order valence-corrected chi connectivity index (χ4v) is 11.4. The van der Waals surface area contributed by atoms with Gasteiger partial charge in [-0.15, -0.1) is 0 Å². The summed E-state index contributed by atoms with van der Waals surface area (Å²) in [5, 5.41) is 2.51. The number of fused-ring (bicyclic) bond motifs is 4. The minimum atomic E-state index is 0.165. The van der Waals surface area contributed by atoms with Crippen LogP contribution in [0.1, 0.15) is 43.2 Å². The molecule has 7 aromatic rings. The standard InChI is InChI=1S/C50H41N/c1-3-11-35(12-4-1)39-20-24-49(45(31-39)37-14-5-2-6-15-37)51(42-21-19-36-13-7-8-16-38(36)30-42)43-22-23-48-46(32-43)44-17-9-10-18-47(44)50(48)40-26-33-25-34(28-40)29-41(50)27-33/h1-24,30-34,40-41H,25-29H2. The van der Waals surface area contributed by atoms with Crippen molar-refractivity contribution in [1.29, 1.82) is 0 Å². The summed E-state index contributed by atoms with van der Waals surface area (Å²) in [6, 6.07) is 61.5. The fraction of sp³-hybridized carbons (Fsp3) is 0.200. The van der Waals surface area contributed by atoms with Crippen molar-refractivity contribution >= 4 is 27.8 Å². The number of anilines is 3. The van der Waals surface area contributed by atoms with E-state index in [0.717, 1.165) is 23.7 Å². The number of hydrogen-bond acceptors (Lipinski definition) is 1. The summed E-state index contributed by atoms with van der Waals surface area (Å²) >= 11 is 0. The third-order valence-electron chi connectivity index (χ3n) is 13.2. The van der Waals surface area contributed by atoms with Gasteiger partial charge in [-0.25, -0.2) is 0 Å². The average Bonchev–Trinajstić information content (AvgIpc) is 3.48. The summed E-state index contributed by atoms with van der Waals surface area (Å²) in [5.41, 5.74) is 14.8. The number of benzene rings is 7. The van der Waals surface area contributed by atoms with Crippen LogP contribution in [0.5, 0.6) is 0 Å². The summed E-state index contributed by atoms with van der Waals surface area (Å²) in [7, 11) is 0. The first-order valence-corrected chi connectivity index (χ1v) is 19.0. The Kier molecular flexibility index (Phi) is 6.50. The first-order chi connectivity index (χ1) is 25.2. The summed E-state index contributed by atoms with van der Waals surface area (Å²) in [6.45, 7) is 0. The van der Waals surface area contributed by atoms with Gasteiger partial charge in [-0.05, 0) is 142 Å². The normalized spacial score (nSPS) is 23.8. The van der Waals surface area contributed by atoms with Crippen LogP contribution < -0.4 is 4.90 Å². The second kappa shape index (κ2) is 11.3. The molecule has 5 aliphatic carbocycles. The Hall–Kier alpha value is -5.40. The fourth-order valence-electron chi connectivity index (χ4n) is 11.4. The van der Waals surface area contributed by atoms with Gasteiger partial charge in [0.2, 0.25) is 0 Å². The molecule has 0 aliphatic heterocycles. The highest BCUT2D eigenvalue weighted by atomic mass is 15.1. The van der Waals surface area contributed by atoms with Crippen LogP contribution in [0.15, 0.2) is 164 Å². The van der Waals surface area contributed by atoms with Gasteiger partial charge in [0.05, 0.1) is 5.69 Å². The van der Waals surface area contributed by atoms with Crippen molar-refractivity contribution in [3.63, 3.8) is 0 Å². The van der Waals surface area contributed by atoms with Gasteiger partial charge in [-0.2, -0.15) is 0 Å². The van der Waals surface area contributed by atoms with Crippen LogP contribution in [0.25, 0.3) is 44.2 Å². The first-order valence-electron chi connectivity index (χ1n) is 19.0. The molecular weight excluding hydrogens is 615 g/mol. The third kappa shape index (κ3) is 4.40. The molecule has 4 fully saturated rings. The van der Waals surface area contributed by atoms with Crippen LogP contribution in [0.4, 0.5) is 17.1 Å². The molecule has 0 unspecified atom stereocenters. The minimum Gasteiger partial charge on any atom is -0.310 e. The van der Waals surface area contributed by atoms with Crippen LogP contribution in [0.3, 0.4) is 0 Å². The summed E-state index contributed by atoms with van der Waals surface area (Å²) in [5.74, 6) is 3.39. The molecule has 7 aromatic carbocycles. The van der Waals surface area contributed by atoms with Gasteiger partial charge in [-0.3, -0.25) is 0 Å². The largest absolute Gasteiger partial charge is 0.310 e. The monoisotopic (exact) mass is 655 g/mol. The van der Waals surface area contributed by atoms with Crippen LogP contribution in [0, 0.1) is 23.7 Å². The molecule has 246 valence electrons. The van der Waals surface area contributed by atoms with Gasteiger partial charge >= 0.3 is 0 Å². The van der Waals surface area contributed by atoms with E-state index in [2.05, 4.69) is 169 Å². The Balaban J connectivity index is 1.14. The molecule has 0 aromatic heterocycles. The zero-order valence-corrected chi connectivity index (χ0v) is 28.9. The van der Waals surface area contributed by atoms with Gasteiger partial charge < -0.3 is 4.90 Å². The van der Waals surface area contributed by atoms with E-state index in [-0.39, 0.29) is 5.41 Å². The second-order valence-electron chi connectivity index (χ2n) is 15.8. The molecule has 4 bridgehead atoms. The van der Waals surface area contributed by atoms with E-state index < -0.39 is 0 Å². The molecular formula is C50H41N. The average molecular weight is 656 g/mol. The van der Waals surface area contributed by atoms with E-state index in [1.54, 1.807) is 11.1 Å². The Morgan fingerprint density at radius 2 is 1.00 bits per heavy atom. The van der Waals surface area contributed by atoms with Crippen molar-refractivity contribution in [1.82, 2.24) is 0 Å². The van der Waals surface area contributed by atoms with Crippen LogP contribution in [-0.4, -0.2) is 0 Å². The van der Waals surface area contributed by atoms with Gasteiger partial charge in [0.25, 0.3) is 0 Å². The van der Waals surface area contributed by atoms with Crippen molar-refractivity contribution in [3.05, 3.63) is 175 Å². The lowest BCUT2D eigenvalue weighted by Crippen LogP contribution is -2.55. The van der Waals surface area contributed by atoms with E-state index in [9.17, 15) is 0 Å². The molecule has 0 heterocycles. The highest BCUT2D eigenvalue weighted by molar-refractivity contribution is 5.95. The maximum Gasteiger partial charge on any atom is 0.0540 e. The van der Waals surface area contributed by atoms with Gasteiger partial charge in [0, 0.05) is 22.4 Å². The molecule has 51 heavy (non-hydrogen) atoms. The molecule has 0 atom stereocenters. The number of rotatable bonds is 5. The molecule has 1 nitrogen and oxygen atoms in total. The predicted molar refractivity (Wildman–Crippen MR) is 213 cm³/mol. The van der Waals surface area contributed by atoms with Crippen LogP contribution in [-0.2, 0) is 5.41 Å². The molecule has 1 spiro atoms. The van der Waals surface area contributed by atoms with Crippen molar-refractivity contribution in [2.45, 2.75) is 37.5 Å². The Morgan fingerprint density at radius 3 is 1.76 bits per heavy atom. The van der Waals surface area contributed by atoms with E-state index in [4.69, 9.17) is 0 Å². The van der Waals surface area contributed by atoms with E-state index in [1.807, 2.05) is 0 Å². The van der Waals surface area contributed by atoms with E-state index >= 15 is 0 Å². The van der Waals surface area contributed by atoms with Crippen molar-refractivity contribution in [3.8, 4) is 33.4 Å². The Labute approximate surface area is 301 Å². The number of nitrogens with zero attached hydrogens (tertiary/aromatic N) is 1. The highest BCUT2D eigenvalue weighted by Crippen LogP contribution is 2.69. The maximum atomic E-state index is 2.56. The highest BCUT2D eigenvalue weighted by Gasteiger charge is 2.61. The maximum absolute atomic E-state index is 2.56. The van der Waals surface area contributed by atoms with Crippen LogP contribution >= 0.6 is 0 Å². The van der Waals surface area contributed by atoms with Crippen molar-refractivity contribution in [2.75, 3.05) is 4.90 Å². The molecule has 0 radical (unpaired) electrons. The predicted octanol–water partition coefficient (Wildman–Crippen LogP) is 13.4. The van der Waals surface area contributed by atoms with Crippen molar-refractivity contribution < 1.29 is 0 Å². The lowest BCUT2D eigenvalue weighted by Gasteiger charge is -2.61. The van der Waals surface area contributed by atoms with Crippen LogP contribution in [0.2, 0.25) is 0 Å². The molecule has 12 rings (SSSR count). The summed E-state index contributed by atoms with van der Waals surface area (Å²) < 4.78 is 0. The molecule has 0 N–H and O–H groups in total. The lowest BCUT2D eigenvalue weighted by molar-refractivity contribution is -0.0399. The minimum absolute atomic E-state index is 0.165. The van der Waals surface area contributed by atoms with E-state index in [0.29, 0.717) is 0 Å². The molecule has 1 heteroatoms. The SMILES string of the molecule is c1ccc(-c2ccc(N(c3ccc4c(c3)-c3ccccc3C43C4CC5CC(C4)CC3C5)c3ccc4ccccc4c3)c(-c3ccccc3)c2)cc1. The molecule has 4 saturated carbocycles. The Morgan fingerprint density at radius 1 is 0.392 bits per heavy atom. The first kappa shape index (κ1) is 29.3. The Bertz CT molecular complexity index is 2410. The van der Waals surface area contributed by atoms with Gasteiger partial charge in [0.1, 0.15) is 0 Å². The number of hydrogen-bond donors (Lipinski definition) is 0. The third-order valence-corrected chi connectivity index (χ3v) is 13.2. The van der Waals surface area contributed by atoms with Crippen molar-refractivity contribution in [2.24, 2.45) is 23.7 Å². The zero-order valence-electron chi connectivity index (χ0n) is 28.9. The van der Waals surface area contributed by atoms with Gasteiger partial charge in [0.15, 0.2) is 0 Å². The summed E-state index contributed by atoms with van der Waals surface area (Å²) in [6.07, 6.45) is 7.09. The van der Waals surface area contributed by atoms with E-state index in [1.165, 1.54) is 93.3 Å². The topological polar surface area (TPSA) is 3.24 Å². The second-order valence-corrected chi connectivity index (χ2v) is 15.8. The zero-order chi connectivity index (χ0) is 33.5. The molecule has 0 amide bonds. The quantitative estimate of drug-likeness (QED) is 0.178. The smallest absolute Gasteiger partial charge is 0.0540 e. The molecule has 5 aliphatic rings. The molecule has 0 saturated heterocycles. The van der Waals surface area contributed by atoms with Gasteiger partial charge in [-0.1, -0.05) is 127 Å². The summed E-state index contributed by atoms with van der Waals surface area (Å²) in [4.78, 5) is 2.52. The lowest BCUT2D eigenvalue weighted by atomic mass is 9.43.